The Bertz CT molecular complexity index is 455. The van der Waals surface area contributed by atoms with Gasteiger partial charge in [0.05, 0.1) is 11.5 Å². The summed E-state index contributed by atoms with van der Waals surface area (Å²) in [6.45, 7) is -0.133. The van der Waals surface area contributed by atoms with Crippen LogP contribution in [0, 0.1) is 5.92 Å². The van der Waals surface area contributed by atoms with E-state index in [0.29, 0.717) is 19.3 Å². The largest absolute Gasteiger partial charge is 0.391 e. The fourth-order valence-corrected chi connectivity index (χ4v) is 4.00. The van der Waals surface area contributed by atoms with Gasteiger partial charge in [-0.2, -0.15) is 25.9 Å². The lowest BCUT2D eigenvalue weighted by molar-refractivity contribution is -0.182. The second-order valence-electron chi connectivity index (χ2n) is 5.94. The SMILES string of the molecule is O=S(=O)(NCCC1(O)CCC1)N1CCC(C(F)(F)F)CC1. The zero-order chi connectivity index (χ0) is 15.7. The number of nitrogens with zero attached hydrogens (tertiary/aromatic N) is 1. The van der Waals surface area contributed by atoms with Gasteiger partial charge in [0.25, 0.3) is 10.2 Å². The van der Waals surface area contributed by atoms with Crippen molar-refractivity contribution in [2.24, 2.45) is 5.92 Å². The molecule has 0 aromatic carbocycles. The molecule has 9 heteroatoms. The molecule has 0 unspecified atom stereocenters. The molecular weight excluding hydrogens is 309 g/mol. The summed E-state index contributed by atoms with van der Waals surface area (Å²) in [5, 5.41) is 9.87. The van der Waals surface area contributed by atoms with E-state index in [1.165, 1.54) is 0 Å². The Labute approximate surface area is 122 Å². The van der Waals surface area contributed by atoms with Crippen LogP contribution in [0.5, 0.6) is 0 Å². The average Bonchev–Trinajstić information content (AvgIpc) is 2.36. The summed E-state index contributed by atoms with van der Waals surface area (Å²) in [5.74, 6) is -1.42. The summed E-state index contributed by atoms with van der Waals surface area (Å²) < 4.78 is 65.0. The third kappa shape index (κ3) is 4.30. The van der Waals surface area contributed by atoms with Crippen molar-refractivity contribution < 1.29 is 26.7 Å². The molecule has 0 radical (unpaired) electrons. The predicted molar refractivity (Wildman–Crippen MR) is 70.7 cm³/mol. The molecule has 0 aromatic rings. The maximum atomic E-state index is 12.5. The summed E-state index contributed by atoms with van der Waals surface area (Å²) in [7, 11) is -3.75. The molecule has 1 saturated heterocycles. The molecule has 124 valence electrons. The van der Waals surface area contributed by atoms with Crippen LogP contribution in [0.4, 0.5) is 13.2 Å². The Hall–Kier alpha value is -0.380. The van der Waals surface area contributed by atoms with E-state index in [9.17, 15) is 26.7 Å². The molecule has 1 aliphatic heterocycles. The topological polar surface area (TPSA) is 69.6 Å². The van der Waals surface area contributed by atoms with Gasteiger partial charge in [-0.1, -0.05) is 0 Å². The standard InChI is InChI=1S/C12H21F3N2O3S/c13-12(14,15)10-2-8-17(9-3-10)21(19,20)16-7-6-11(18)4-1-5-11/h10,16,18H,1-9H2. The highest BCUT2D eigenvalue weighted by Crippen LogP contribution is 2.35. The van der Waals surface area contributed by atoms with Crippen molar-refractivity contribution >= 4 is 10.2 Å². The molecule has 1 aliphatic carbocycles. The number of halogens is 3. The lowest BCUT2D eigenvalue weighted by Crippen LogP contribution is -2.48. The van der Waals surface area contributed by atoms with Crippen LogP contribution in [0.15, 0.2) is 0 Å². The minimum Gasteiger partial charge on any atom is -0.390 e. The second kappa shape index (κ2) is 6.02. The van der Waals surface area contributed by atoms with Crippen molar-refractivity contribution in [2.75, 3.05) is 19.6 Å². The summed E-state index contributed by atoms with van der Waals surface area (Å²) >= 11 is 0. The van der Waals surface area contributed by atoms with E-state index in [4.69, 9.17) is 0 Å². The van der Waals surface area contributed by atoms with Crippen LogP contribution < -0.4 is 4.72 Å². The zero-order valence-electron chi connectivity index (χ0n) is 11.7. The van der Waals surface area contributed by atoms with Gasteiger partial charge in [-0.05, 0) is 38.5 Å². The van der Waals surface area contributed by atoms with Gasteiger partial charge >= 0.3 is 6.18 Å². The summed E-state index contributed by atoms with van der Waals surface area (Å²) in [6, 6.07) is 0. The van der Waals surface area contributed by atoms with E-state index < -0.39 is 27.9 Å². The number of nitrogens with one attached hydrogen (secondary N) is 1. The lowest BCUT2D eigenvalue weighted by Gasteiger charge is -2.37. The van der Waals surface area contributed by atoms with Crippen molar-refractivity contribution in [2.45, 2.75) is 50.3 Å². The van der Waals surface area contributed by atoms with Crippen LogP contribution in [0.25, 0.3) is 0 Å². The Morgan fingerprint density at radius 1 is 1.24 bits per heavy atom. The highest BCUT2D eigenvalue weighted by Gasteiger charge is 2.43. The molecule has 2 N–H and O–H groups in total. The highest BCUT2D eigenvalue weighted by molar-refractivity contribution is 7.87. The van der Waals surface area contributed by atoms with E-state index in [-0.39, 0.29) is 32.5 Å². The third-order valence-electron chi connectivity index (χ3n) is 4.42. The molecule has 0 spiro atoms. The number of hydrogen-bond donors (Lipinski definition) is 2. The van der Waals surface area contributed by atoms with E-state index in [0.717, 1.165) is 10.7 Å². The molecule has 1 heterocycles. The van der Waals surface area contributed by atoms with Gasteiger partial charge < -0.3 is 5.11 Å². The first-order valence-electron chi connectivity index (χ1n) is 7.16. The predicted octanol–water partition coefficient (Wildman–Crippen LogP) is 1.40. The van der Waals surface area contributed by atoms with Gasteiger partial charge in [0.2, 0.25) is 0 Å². The average molecular weight is 330 g/mol. The fourth-order valence-electron chi connectivity index (χ4n) is 2.76. The Balaban J connectivity index is 1.78. The van der Waals surface area contributed by atoms with Crippen molar-refractivity contribution in [1.29, 1.82) is 0 Å². The quantitative estimate of drug-likeness (QED) is 0.800. The maximum absolute atomic E-state index is 12.5. The molecule has 5 nitrogen and oxygen atoms in total. The second-order valence-corrected chi connectivity index (χ2v) is 7.70. The molecule has 0 amide bonds. The maximum Gasteiger partial charge on any atom is 0.391 e. The minimum absolute atomic E-state index is 0.109. The first kappa shape index (κ1) is 17.0. The summed E-state index contributed by atoms with van der Waals surface area (Å²) in [6.07, 6.45) is -2.03. The molecule has 21 heavy (non-hydrogen) atoms. The molecule has 2 aliphatic rings. The van der Waals surface area contributed by atoms with Crippen LogP contribution in [0.3, 0.4) is 0 Å². The van der Waals surface area contributed by atoms with E-state index in [1.807, 2.05) is 0 Å². The monoisotopic (exact) mass is 330 g/mol. The smallest absolute Gasteiger partial charge is 0.390 e. The van der Waals surface area contributed by atoms with E-state index >= 15 is 0 Å². The Morgan fingerprint density at radius 2 is 1.81 bits per heavy atom. The number of rotatable bonds is 5. The van der Waals surface area contributed by atoms with Crippen LogP contribution in [0.2, 0.25) is 0 Å². The van der Waals surface area contributed by atoms with Crippen molar-refractivity contribution in [1.82, 2.24) is 9.03 Å². The van der Waals surface area contributed by atoms with Crippen LogP contribution in [0.1, 0.15) is 38.5 Å². The van der Waals surface area contributed by atoms with Gasteiger partial charge in [0, 0.05) is 19.6 Å². The van der Waals surface area contributed by atoms with Crippen LogP contribution >= 0.6 is 0 Å². The molecule has 0 aromatic heterocycles. The van der Waals surface area contributed by atoms with E-state index in [2.05, 4.69) is 4.72 Å². The number of aliphatic hydroxyl groups is 1. The third-order valence-corrected chi connectivity index (χ3v) is 6.03. The number of hydrogen-bond acceptors (Lipinski definition) is 3. The zero-order valence-corrected chi connectivity index (χ0v) is 12.5. The lowest BCUT2D eigenvalue weighted by atomic mass is 9.78. The first-order chi connectivity index (χ1) is 9.62. The summed E-state index contributed by atoms with van der Waals surface area (Å²) in [4.78, 5) is 0. The van der Waals surface area contributed by atoms with Crippen LogP contribution in [-0.4, -0.2) is 49.2 Å². The minimum atomic E-state index is -4.25. The van der Waals surface area contributed by atoms with Crippen molar-refractivity contribution in [3.8, 4) is 0 Å². The molecule has 1 saturated carbocycles. The number of alkyl halides is 3. The number of piperidine rings is 1. The van der Waals surface area contributed by atoms with E-state index in [1.54, 1.807) is 0 Å². The molecular formula is C12H21F3N2O3S. The fraction of sp³-hybridized carbons (Fsp3) is 1.00. The Kier molecular flexibility index (Phi) is 4.87. The van der Waals surface area contributed by atoms with Gasteiger partial charge in [-0.15, -0.1) is 0 Å². The highest BCUT2D eigenvalue weighted by atomic mass is 32.2. The molecule has 0 bridgehead atoms. The van der Waals surface area contributed by atoms with Gasteiger partial charge in [0.1, 0.15) is 0 Å². The van der Waals surface area contributed by atoms with Crippen molar-refractivity contribution in [3.05, 3.63) is 0 Å². The first-order valence-corrected chi connectivity index (χ1v) is 8.60. The molecule has 2 rings (SSSR count). The van der Waals surface area contributed by atoms with Crippen LogP contribution in [-0.2, 0) is 10.2 Å². The summed E-state index contributed by atoms with van der Waals surface area (Å²) in [5.41, 5.74) is -0.772. The van der Waals surface area contributed by atoms with Gasteiger partial charge in [0.15, 0.2) is 0 Å². The molecule has 2 fully saturated rings. The van der Waals surface area contributed by atoms with Gasteiger partial charge in [-0.3, -0.25) is 0 Å². The van der Waals surface area contributed by atoms with Gasteiger partial charge in [-0.25, -0.2) is 4.72 Å². The van der Waals surface area contributed by atoms with Crippen molar-refractivity contribution in [3.63, 3.8) is 0 Å². The normalized spacial score (nSPS) is 24.8. The molecule has 0 atom stereocenters. The Morgan fingerprint density at radius 3 is 2.24 bits per heavy atom.